The fraction of sp³-hybridized carbons (Fsp3) is 0.750. The summed E-state index contributed by atoms with van der Waals surface area (Å²) in [6, 6.07) is -0.380. The Labute approximate surface area is 52.4 Å². The highest BCUT2D eigenvalue weighted by Crippen LogP contribution is 1.85. The fourth-order valence-corrected chi connectivity index (χ4v) is 0.659. The van der Waals surface area contributed by atoms with Crippen molar-refractivity contribution in [3.8, 4) is 0 Å². The highest BCUT2D eigenvalue weighted by molar-refractivity contribution is 5.74. The highest BCUT2D eigenvalue weighted by Gasteiger charge is 2.19. The van der Waals surface area contributed by atoms with E-state index in [1.807, 2.05) is 0 Å². The highest BCUT2D eigenvalue weighted by atomic mass is 16.4. The molecule has 0 amide bonds. The van der Waals surface area contributed by atoms with E-state index < -0.39 is 5.97 Å². The van der Waals surface area contributed by atoms with E-state index in [4.69, 9.17) is 5.11 Å². The van der Waals surface area contributed by atoms with Crippen molar-refractivity contribution in [2.75, 3.05) is 13.2 Å². The molecule has 1 fully saturated rings. The lowest BCUT2D eigenvalue weighted by Crippen LogP contribution is -2.32. The van der Waals surface area contributed by atoms with Crippen LogP contribution in [0, 0.1) is 0 Å². The predicted octanol–water partition coefficient (Wildman–Crippen LogP) is -2.23. The van der Waals surface area contributed by atoms with Crippen molar-refractivity contribution in [3.05, 3.63) is 0 Å². The van der Waals surface area contributed by atoms with E-state index in [-0.39, 0.29) is 11.5 Å². The summed E-state index contributed by atoms with van der Waals surface area (Å²) >= 11 is 0. The van der Waals surface area contributed by atoms with E-state index in [1.54, 1.807) is 0 Å². The molecule has 54 valence electrons. The van der Waals surface area contributed by atoms with Crippen LogP contribution in [0.25, 0.3) is 0 Å². The van der Waals surface area contributed by atoms with Crippen molar-refractivity contribution in [1.29, 1.82) is 0 Å². The zero-order valence-corrected chi connectivity index (χ0v) is 4.85. The minimum absolute atomic E-state index is 0. The first kappa shape index (κ1) is 8.35. The number of carbonyl (C=O) groups is 1. The second-order valence-corrected chi connectivity index (χ2v) is 1.73. The van der Waals surface area contributed by atoms with E-state index in [0.717, 1.165) is 0 Å². The van der Waals surface area contributed by atoms with Crippen molar-refractivity contribution in [1.82, 2.24) is 10.6 Å². The molecule has 0 aromatic rings. The summed E-state index contributed by atoms with van der Waals surface area (Å²) in [7, 11) is 0. The molecule has 0 aromatic heterocycles. The van der Waals surface area contributed by atoms with Crippen LogP contribution in [0.2, 0.25) is 0 Å². The summed E-state index contributed by atoms with van der Waals surface area (Å²) in [6.45, 7) is 1.15. The van der Waals surface area contributed by atoms with E-state index in [0.29, 0.717) is 13.2 Å². The normalized spacial score (nSPS) is 25.1. The standard InChI is InChI=1S/C4H8N2O2.H2O/c7-4(8)3-1-5-2-6-3;/h3,5-6H,1-2H2,(H,7,8);1H2. The van der Waals surface area contributed by atoms with Gasteiger partial charge in [-0.3, -0.25) is 10.1 Å². The number of hydrogen-bond donors (Lipinski definition) is 3. The van der Waals surface area contributed by atoms with Gasteiger partial charge in [0.25, 0.3) is 0 Å². The van der Waals surface area contributed by atoms with Crippen LogP contribution < -0.4 is 10.6 Å². The number of aliphatic carboxylic acids is 1. The van der Waals surface area contributed by atoms with Gasteiger partial charge in [-0.05, 0) is 0 Å². The van der Waals surface area contributed by atoms with Crippen molar-refractivity contribution in [2.45, 2.75) is 6.04 Å². The Balaban J connectivity index is 0.000000640. The second-order valence-electron chi connectivity index (χ2n) is 1.73. The van der Waals surface area contributed by atoms with Gasteiger partial charge in [-0.2, -0.15) is 0 Å². The molecule has 1 aliphatic heterocycles. The first-order valence-corrected chi connectivity index (χ1v) is 2.47. The number of nitrogens with one attached hydrogen (secondary N) is 2. The number of carboxylic acid groups (broad SMARTS) is 1. The lowest BCUT2D eigenvalue weighted by Gasteiger charge is -1.98. The fourth-order valence-electron chi connectivity index (χ4n) is 0.659. The number of hydrogen-bond acceptors (Lipinski definition) is 3. The molecular formula is C4H10N2O3. The van der Waals surface area contributed by atoms with Gasteiger partial charge in [0.2, 0.25) is 0 Å². The van der Waals surface area contributed by atoms with Crippen LogP contribution in [-0.4, -0.2) is 35.8 Å². The van der Waals surface area contributed by atoms with E-state index >= 15 is 0 Å². The maximum atomic E-state index is 10.1. The van der Waals surface area contributed by atoms with Crippen molar-refractivity contribution in [2.24, 2.45) is 0 Å². The van der Waals surface area contributed by atoms with Crippen LogP contribution in [0.5, 0.6) is 0 Å². The van der Waals surface area contributed by atoms with Crippen molar-refractivity contribution < 1.29 is 15.4 Å². The predicted molar refractivity (Wildman–Crippen MR) is 31.0 cm³/mol. The van der Waals surface area contributed by atoms with Crippen molar-refractivity contribution >= 4 is 5.97 Å². The summed E-state index contributed by atoms with van der Waals surface area (Å²) in [6.07, 6.45) is 0. The Morgan fingerprint density at radius 3 is 2.56 bits per heavy atom. The molecule has 1 rings (SSSR count). The molecule has 0 spiro atoms. The molecule has 0 radical (unpaired) electrons. The third-order valence-electron chi connectivity index (χ3n) is 1.12. The van der Waals surface area contributed by atoms with Gasteiger partial charge in [-0.15, -0.1) is 0 Å². The summed E-state index contributed by atoms with van der Waals surface area (Å²) in [5, 5.41) is 13.9. The van der Waals surface area contributed by atoms with E-state index in [1.165, 1.54) is 0 Å². The average molecular weight is 134 g/mol. The smallest absolute Gasteiger partial charge is 0.322 e. The topological polar surface area (TPSA) is 92.9 Å². The SMILES string of the molecule is O.O=C(O)C1CNCN1. The lowest BCUT2D eigenvalue weighted by atomic mass is 10.3. The molecule has 1 heterocycles. The third-order valence-corrected chi connectivity index (χ3v) is 1.12. The molecule has 0 saturated carbocycles. The molecular weight excluding hydrogens is 124 g/mol. The van der Waals surface area contributed by atoms with Gasteiger partial charge < -0.3 is 15.9 Å². The molecule has 0 bridgehead atoms. The third kappa shape index (κ3) is 1.96. The minimum Gasteiger partial charge on any atom is -0.480 e. The summed E-state index contributed by atoms with van der Waals surface area (Å²) in [5.41, 5.74) is 0. The lowest BCUT2D eigenvalue weighted by molar-refractivity contribution is -0.138. The van der Waals surface area contributed by atoms with Gasteiger partial charge in [0.15, 0.2) is 0 Å². The number of rotatable bonds is 1. The quantitative estimate of drug-likeness (QED) is 0.378. The first-order chi connectivity index (χ1) is 3.80. The molecule has 0 aliphatic carbocycles. The Hall–Kier alpha value is -0.650. The Bertz CT molecular complexity index is 100.0. The molecule has 1 aliphatic rings. The zero-order valence-electron chi connectivity index (χ0n) is 4.85. The van der Waals surface area contributed by atoms with Crippen LogP contribution in [0.15, 0.2) is 0 Å². The van der Waals surface area contributed by atoms with Crippen LogP contribution in [0.3, 0.4) is 0 Å². The summed E-state index contributed by atoms with van der Waals surface area (Å²) < 4.78 is 0. The summed E-state index contributed by atoms with van der Waals surface area (Å²) in [5.74, 6) is -0.782. The van der Waals surface area contributed by atoms with Gasteiger partial charge in [-0.25, -0.2) is 0 Å². The molecule has 5 N–H and O–H groups in total. The van der Waals surface area contributed by atoms with E-state index in [9.17, 15) is 4.79 Å². The van der Waals surface area contributed by atoms with Gasteiger partial charge in [0, 0.05) is 13.2 Å². The Morgan fingerprint density at radius 1 is 1.67 bits per heavy atom. The van der Waals surface area contributed by atoms with Crippen LogP contribution in [-0.2, 0) is 4.79 Å². The van der Waals surface area contributed by atoms with Gasteiger partial charge in [0.1, 0.15) is 6.04 Å². The summed E-state index contributed by atoms with van der Waals surface area (Å²) in [4.78, 5) is 10.1. The molecule has 9 heavy (non-hydrogen) atoms. The van der Waals surface area contributed by atoms with Gasteiger partial charge >= 0.3 is 5.97 Å². The number of carboxylic acids is 1. The molecule has 5 heteroatoms. The molecule has 1 unspecified atom stereocenters. The maximum Gasteiger partial charge on any atom is 0.322 e. The molecule has 1 atom stereocenters. The van der Waals surface area contributed by atoms with Crippen LogP contribution >= 0.6 is 0 Å². The minimum atomic E-state index is -0.782. The molecule has 1 saturated heterocycles. The first-order valence-electron chi connectivity index (χ1n) is 2.47. The second kappa shape index (κ2) is 3.39. The van der Waals surface area contributed by atoms with Crippen molar-refractivity contribution in [3.63, 3.8) is 0 Å². The van der Waals surface area contributed by atoms with Gasteiger partial charge in [0.05, 0.1) is 0 Å². The maximum absolute atomic E-state index is 10.1. The molecule has 0 aromatic carbocycles. The average Bonchev–Trinajstić information content (AvgIpc) is 2.12. The Kier molecular flexibility index (Phi) is 3.15. The monoisotopic (exact) mass is 134 g/mol. The molecule has 5 nitrogen and oxygen atoms in total. The largest absolute Gasteiger partial charge is 0.480 e. The van der Waals surface area contributed by atoms with Crippen LogP contribution in [0.1, 0.15) is 0 Å². The zero-order chi connectivity index (χ0) is 5.98. The van der Waals surface area contributed by atoms with Crippen LogP contribution in [0.4, 0.5) is 0 Å². The van der Waals surface area contributed by atoms with Gasteiger partial charge in [-0.1, -0.05) is 0 Å². The Morgan fingerprint density at radius 2 is 2.33 bits per heavy atom. The van der Waals surface area contributed by atoms with E-state index in [2.05, 4.69) is 10.6 Å².